The second-order valence-electron chi connectivity index (χ2n) is 5.95. The third-order valence-electron chi connectivity index (χ3n) is 4.48. The predicted octanol–water partition coefficient (Wildman–Crippen LogP) is 2.70. The monoisotopic (exact) mass is 386 g/mol. The molecular weight excluding hydrogens is 368 g/mol. The van der Waals surface area contributed by atoms with Gasteiger partial charge in [-0.15, -0.1) is 0 Å². The van der Waals surface area contributed by atoms with Gasteiger partial charge in [-0.2, -0.15) is 0 Å². The molecule has 2 fully saturated rings. The minimum atomic E-state index is -0.187. The number of nitrogens with zero attached hydrogens (tertiary/aromatic N) is 2. The fraction of sp³-hybridized carbons (Fsp3) is 0.222. The highest BCUT2D eigenvalue weighted by atomic mass is 32.1. The number of hydrogen-bond donors (Lipinski definition) is 2. The number of methoxy groups -OCH3 is 2. The predicted molar refractivity (Wildman–Crippen MR) is 107 cm³/mol. The molecule has 2 aliphatic heterocycles. The summed E-state index contributed by atoms with van der Waals surface area (Å²) in [6, 6.07) is 15.7. The van der Waals surface area contributed by atoms with E-state index in [1.54, 1.807) is 14.2 Å². The number of hydrogen-bond acceptors (Lipinski definition) is 4. The van der Waals surface area contributed by atoms with E-state index in [0.29, 0.717) is 10.2 Å². The molecule has 0 aromatic heterocycles. The van der Waals surface area contributed by atoms with Gasteiger partial charge in [-0.1, -0.05) is 24.3 Å². The van der Waals surface area contributed by atoms with E-state index in [1.165, 1.54) is 0 Å². The minimum Gasteiger partial charge on any atom is -0.497 e. The zero-order valence-electron chi connectivity index (χ0n) is 14.3. The number of benzene rings is 2. The second kappa shape index (κ2) is 6.62. The van der Waals surface area contributed by atoms with Gasteiger partial charge in [0.05, 0.1) is 14.2 Å². The lowest BCUT2D eigenvalue weighted by molar-refractivity contribution is 0.114. The van der Waals surface area contributed by atoms with Crippen LogP contribution >= 0.6 is 24.4 Å². The number of ether oxygens (including phenoxy) is 2. The van der Waals surface area contributed by atoms with Crippen molar-refractivity contribution in [1.82, 2.24) is 20.7 Å². The first-order valence-corrected chi connectivity index (χ1v) is 8.91. The van der Waals surface area contributed by atoms with Gasteiger partial charge in [0.1, 0.15) is 23.8 Å². The molecule has 2 aromatic rings. The molecule has 2 saturated heterocycles. The molecule has 2 atom stereocenters. The van der Waals surface area contributed by atoms with Crippen molar-refractivity contribution in [3.8, 4) is 11.5 Å². The van der Waals surface area contributed by atoms with Crippen molar-refractivity contribution in [2.45, 2.75) is 12.3 Å². The Balaban J connectivity index is 1.69. The topological polar surface area (TPSA) is 49.0 Å². The molecule has 6 nitrogen and oxygen atoms in total. The van der Waals surface area contributed by atoms with E-state index >= 15 is 0 Å². The van der Waals surface area contributed by atoms with Crippen molar-refractivity contribution < 1.29 is 9.47 Å². The van der Waals surface area contributed by atoms with Crippen LogP contribution in [0.15, 0.2) is 48.5 Å². The number of hydrazine groups is 1. The minimum absolute atomic E-state index is 0.187. The normalized spacial score (nSPS) is 21.3. The first-order valence-electron chi connectivity index (χ1n) is 8.09. The van der Waals surface area contributed by atoms with Gasteiger partial charge >= 0.3 is 0 Å². The highest BCUT2D eigenvalue weighted by Gasteiger charge is 2.47. The van der Waals surface area contributed by atoms with Crippen LogP contribution in [0.5, 0.6) is 11.5 Å². The largest absolute Gasteiger partial charge is 0.497 e. The lowest BCUT2D eigenvalue weighted by atomic mass is 10.1. The summed E-state index contributed by atoms with van der Waals surface area (Å²) in [4.78, 5) is 0. The average molecular weight is 387 g/mol. The lowest BCUT2D eigenvalue weighted by Crippen LogP contribution is -2.36. The fourth-order valence-corrected chi connectivity index (χ4v) is 3.85. The van der Waals surface area contributed by atoms with Gasteiger partial charge in [0.15, 0.2) is 10.2 Å². The third-order valence-corrected chi connectivity index (χ3v) is 5.09. The van der Waals surface area contributed by atoms with Gasteiger partial charge in [0, 0.05) is 11.1 Å². The number of fused-ring (bicyclic) bond motifs is 1. The number of thiocarbonyl (C=S) groups is 2. The number of rotatable bonds is 4. The summed E-state index contributed by atoms with van der Waals surface area (Å²) < 4.78 is 10.7. The maximum Gasteiger partial charge on any atom is 0.192 e. The lowest BCUT2D eigenvalue weighted by Gasteiger charge is -2.27. The van der Waals surface area contributed by atoms with Crippen molar-refractivity contribution in [3.05, 3.63) is 59.7 Å². The fourth-order valence-electron chi connectivity index (χ4n) is 3.24. The van der Waals surface area contributed by atoms with Crippen LogP contribution in [0, 0.1) is 0 Å². The molecule has 2 heterocycles. The molecule has 0 saturated carbocycles. The van der Waals surface area contributed by atoms with Crippen LogP contribution in [-0.4, -0.2) is 34.5 Å². The highest BCUT2D eigenvalue weighted by Crippen LogP contribution is 2.37. The molecule has 134 valence electrons. The molecule has 4 rings (SSSR count). The van der Waals surface area contributed by atoms with Crippen LogP contribution < -0.4 is 20.1 Å². The van der Waals surface area contributed by atoms with Crippen molar-refractivity contribution in [3.63, 3.8) is 0 Å². The SMILES string of the molecule is COc1cccc([C@H]2NC(=S)N3[C@H](c4cccc(OC)c4)NC(=S)N23)c1. The molecule has 2 aromatic carbocycles. The third kappa shape index (κ3) is 2.71. The van der Waals surface area contributed by atoms with Crippen molar-refractivity contribution in [2.75, 3.05) is 14.2 Å². The molecule has 2 aliphatic rings. The van der Waals surface area contributed by atoms with E-state index in [-0.39, 0.29) is 12.3 Å². The molecule has 8 heteroatoms. The first-order chi connectivity index (χ1) is 12.6. The van der Waals surface area contributed by atoms with Crippen LogP contribution in [0.1, 0.15) is 23.5 Å². The van der Waals surface area contributed by atoms with Crippen LogP contribution in [0.3, 0.4) is 0 Å². The Bertz CT molecular complexity index is 804. The molecule has 2 N–H and O–H groups in total. The summed E-state index contributed by atoms with van der Waals surface area (Å²) in [6.07, 6.45) is -0.374. The van der Waals surface area contributed by atoms with Crippen LogP contribution in [0.25, 0.3) is 0 Å². The summed E-state index contributed by atoms with van der Waals surface area (Å²) in [7, 11) is 3.30. The molecule has 0 unspecified atom stereocenters. The smallest absolute Gasteiger partial charge is 0.192 e. The van der Waals surface area contributed by atoms with Gasteiger partial charge in [-0.3, -0.25) is 0 Å². The molecule has 26 heavy (non-hydrogen) atoms. The van der Waals surface area contributed by atoms with Crippen LogP contribution in [0.4, 0.5) is 0 Å². The van der Waals surface area contributed by atoms with E-state index in [9.17, 15) is 0 Å². The van der Waals surface area contributed by atoms with Gasteiger partial charge < -0.3 is 20.1 Å². The Kier molecular flexibility index (Phi) is 4.29. The molecule has 0 spiro atoms. The van der Waals surface area contributed by atoms with E-state index in [2.05, 4.69) is 10.6 Å². The Hall–Kier alpha value is -2.58. The van der Waals surface area contributed by atoms with Crippen molar-refractivity contribution in [1.29, 1.82) is 0 Å². The van der Waals surface area contributed by atoms with Gasteiger partial charge in [0.2, 0.25) is 0 Å². The van der Waals surface area contributed by atoms with Gasteiger partial charge in [0.25, 0.3) is 0 Å². The van der Waals surface area contributed by atoms with E-state index < -0.39 is 0 Å². The molecule has 0 radical (unpaired) electrons. The summed E-state index contributed by atoms with van der Waals surface area (Å²) in [6.45, 7) is 0. The van der Waals surface area contributed by atoms with E-state index in [4.69, 9.17) is 33.9 Å². The Morgan fingerprint density at radius 1 is 0.769 bits per heavy atom. The quantitative estimate of drug-likeness (QED) is 0.778. The van der Waals surface area contributed by atoms with E-state index in [1.807, 2.05) is 58.5 Å². The standard InChI is InChI=1S/C18H18N4O2S2/c1-23-13-7-3-5-11(9-13)15-19-17(25)22-16(20-18(26)21(15)22)12-6-4-8-14(10-12)24-2/h3-10,15-16H,1-2H3,(H,19,25)(H,20,26)/t15-,16+. The molecule has 0 aliphatic carbocycles. The maximum absolute atomic E-state index is 5.60. The van der Waals surface area contributed by atoms with Crippen molar-refractivity contribution in [2.24, 2.45) is 0 Å². The zero-order valence-corrected chi connectivity index (χ0v) is 15.9. The Morgan fingerprint density at radius 3 is 1.58 bits per heavy atom. The second-order valence-corrected chi connectivity index (χ2v) is 6.72. The number of nitrogens with one attached hydrogen (secondary N) is 2. The summed E-state index contributed by atoms with van der Waals surface area (Å²) in [5.41, 5.74) is 2.04. The van der Waals surface area contributed by atoms with Crippen LogP contribution in [0.2, 0.25) is 0 Å². The Labute approximate surface area is 162 Å². The molecular formula is C18H18N4O2S2. The Morgan fingerprint density at radius 2 is 1.19 bits per heavy atom. The van der Waals surface area contributed by atoms with Crippen molar-refractivity contribution >= 4 is 34.7 Å². The first kappa shape index (κ1) is 16.9. The highest BCUT2D eigenvalue weighted by molar-refractivity contribution is 7.80. The zero-order chi connectivity index (χ0) is 18.3. The summed E-state index contributed by atoms with van der Waals surface area (Å²) in [5, 5.41) is 11.9. The average Bonchev–Trinajstić information content (AvgIpc) is 3.20. The van der Waals surface area contributed by atoms with E-state index in [0.717, 1.165) is 22.6 Å². The van der Waals surface area contributed by atoms with Gasteiger partial charge in [-0.25, -0.2) is 10.0 Å². The summed E-state index contributed by atoms with van der Waals surface area (Å²) >= 11 is 11.2. The maximum atomic E-state index is 5.60. The molecule has 0 bridgehead atoms. The van der Waals surface area contributed by atoms with Crippen LogP contribution in [-0.2, 0) is 0 Å². The van der Waals surface area contributed by atoms with Gasteiger partial charge in [-0.05, 0) is 48.7 Å². The molecule has 0 amide bonds. The summed E-state index contributed by atoms with van der Waals surface area (Å²) in [5.74, 6) is 1.58.